The Hall–Kier alpha value is -2.45. The maximum absolute atomic E-state index is 12.0. The maximum atomic E-state index is 12.0. The van der Waals surface area contributed by atoms with E-state index >= 15 is 0 Å². The highest BCUT2D eigenvalue weighted by molar-refractivity contribution is 9.10. The number of H-pyrrole nitrogens is 1. The van der Waals surface area contributed by atoms with E-state index in [4.69, 9.17) is 0 Å². The first kappa shape index (κ1) is 15.4. The van der Waals surface area contributed by atoms with Crippen LogP contribution in [0.4, 0.5) is 0 Å². The van der Waals surface area contributed by atoms with E-state index < -0.39 is 5.91 Å². The van der Waals surface area contributed by atoms with Crippen molar-refractivity contribution < 1.29 is 9.90 Å². The van der Waals surface area contributed by atoms with E-state index in [9.17, 15) is 9.90 Å². The summed E-state index contributed by atoms with van der Waals surface area (Å²) in [6.45, 7) is 0. The molecule has 116 valence electrons. The molecule has 0 fully saturated rings. The summed E-state index contributed by atoms with van der Waals surface area (Å²) in [7, 11) is 0. The molecule has 0 bridgehead atoms. The van der Waals surface area contributed by atoms with Crippen molar-refractivity contribution >= 4 is 39.4 Å². The van der Waals surface area contributed by atoms with Crippen molar-refractivity contribution in [2.24, 2.45) is 5.10 Å². The van der Waals surface area contributed by atoms with Gasteiger partial charge in [-0.25, -0.2) is 5.43 Å². The van der Waals surface area contributed by atoms with Gasteiger partial charge in [-0.05, 0) is 35.7 Å². The van der Waals surface area contributed by atoms with Gasteiger partial charge >= 0.3 is 0 Å². The van der Waals surface area contributed by atoms with E-state index in [1.807, 2.05) is 17.5 Å². The lowest BCUT2D eigenvalue weighted by Crippen LogP contribution is -2.18. The second-order valence-electron chi connectivity index (χ2n) is 4.55. The molecule has 0 spiro atoms. The number of thiophene rings is 1. The standard InChI is InChI=1S/C15H11BrN4O2S/c16-10-3-4-13(21)9(6-10)8-17-20-15(22)12-7-11(18-19-12)14-2-1-5-23-14/h1-8,21H,(H,18,19)(H,20,22)/b17-8+. The highest BCUT2D eigenvalue weighted by Gasteiger charge is 2.11. The number of aromatic amines is 1. The summed E-state index contributed by atoms with van der Waals surface area (Å²) in [5, 5.41) is 22.3. The van der Waals surface area contributed by atoms with Gasteiger partial charge in [-0.3, -0.25) is 9.89 Å². The molecule has 8 heteroatoms. The Morgan fingerprint density at radius 1 is 1.39 bits per heavy atom. The fourth-order valence-electron chi connectivity index (χ4n) is 1.84. The third-order valence-corrected chi connectivity index (χ3v) is 4.35. The van der Waals surface area contributed by atoms with Gasteiger partial charge in [-0.2, -0.15) is 10.2 Å². The fraction of sp³-hybridized carbons (Fsp3) is 0. The van der Waals surface area contributed by atoms with Gasteiger partial charge in [-0.1, -0.05) is 22.0 Å². The van der Waals surface area contributed by atoms with Crippen molar-refractivity contribution in [3.05, 3.63) is 57.5 Å². The highest BCUT2D eigenvalue weighted by atomic mass is 79.9. The lowest BCUT2D eigenvalue weighted by atomic mass is 10.2. The summed E-state index contributed by atoms with van der Waals surface area (Å²) < 4.78 is 0.802. The van der Waals surface area contributed by atoms with E-state index in [2.05, 4.69) is 36.7 Å². The molecule has 0 saturated heterocycles. The molecule has 2 heterocycles. The molecule has 0 aliphatic rings. The SMILES string of the molecule is O=C(N/N=C/c1cc(Br)ccc1O)c1cc(-c2cccs2)[nH]n1. The van der Waals surface area contributed by atoms with E-state index in [0.717, 1.165) is 15.0 Å². The number of halogens is 1. The van der Waals surface area contributed by atoms with Crippen LogP contribution in [0.25, 0.3) is 10.6 Å². The predicted molar refractivity (Wildman–Crippen MR) is 92.8 cm³/mol. The number of nitrogens with one attached hydrogen (secondary N) is 2. The van der Waals surface area contributed by atoms with Crippen LogP contribution < -0.4 is 5.43 Å². The molecule has 6 nitrogen and oxygen atoms in total. The molecule has 0 radical (unpaired) electrons. The van der Waals surface area contributed by atoms with Crippen molar-refractivity contribution in [2.75, 3.05) is 0 Å². The Morgan fingerprint density at radius 2 is 2.26 bits per heavy atom. The number of rotatable bonds is 4. The number of amides is 1. The van der Waals surface area contributed by atoms with E-state index in [0.29, 0.717) is 5.56 Å². The molecule has 0 atom stereocenters. The molecule has 0 aliphatic carbocycles. The van der Waals surface area contributed by atoms with Gasteiger partial charge in [0.1, 0.15) is 5.75 Å². The first-order valence-electron chi connectivity index (χ1n) is 6.54. The summed E-state index contributed by atoms with van der Waals surface area (Å²) in [6, 6.07) is 10.5. The number of nitrogens with zero attached hydrogens (tertiary/aromatic N) is 2. The normalized spacial score (nSPS) is 11.0. The maximum Gasteiger partial charge on any atom is 0.291 e. The van der Waals surface area contributed by atoms with Crippen molar-refractivity contribution in [1.82, 2.24) is 15.6 Å². The van der Waals surface area contributed by atoms with Gasteiger partial charge in [0.25, 0.3) is 5.91 Å². The lowest BCUT2D eigenvalue weighted by molar-refractivity contribution is 0.0950. The number of hydrogen-bond donors (Lipinski definition) is 3. The number of carbonyl (C=O) groups excluding carboxylic acids is 1. The Balaban J connectivity index is 1.68. The van der Waals surface area contributed by atoms with Crippen LogP contribution in [0.5, 0.6) is 5.75 Å². The molecule has 23 heavy (non-hydrogen) atoms. The zero-order valence-electron chi connectivity index (χ0n) is 11.7. The number of phenols is 1. The third kappa shape index (κ3) is 3.66. The third-order valence-electron chi connectivity index (χ3n) is 2.96. The minimum Gasteiger partial charge on any atom is -0.507 e. The minimum atomic E-state index is -0.435. The monoisotopic (exact) mass is 390 g/mol. The molecule has 0 unspecified atom stereocenters. The molecule has 0 aliphatic heterocycles. The molecular weight excluding hydrogens is 380 g/mol. The Morgan fingerprint density at radius 3 is 3.04 bits per heavy atom. The molecule has 1 amide bonds. The topological polar surface area (TPSA) is 90.4 Å². The fourth-order valence-corrected chi connectivity index (χ4v) is 2.91. The quantitative estimate of drug-likeness (QED) is 0.471. The second-order valence-corrected chi connectivity index (χ2v) is 6.41. The minimum absolute atomic E-state index is 0.0750. The van der Waals surface area contributed by atoms with Gasteiger partial charge in [0, 0.05) is 10.0 Å². The summed E-state index contributed by atoms with van der Waals surface area (Å²) in [6.07, 6.45) is 1.37. The molecule has 3 rings (SSSR count). The van der Waals surface area contributed by atoms with Crippen LogP contribution in [0.3, 0.4) is 0 Å². The van der Waals surface area contributed by atoms with Crippen LogP contribution >= 0.6 is 27.3 Å². The first-order chi connectivity index (χ1) is 11.1. The van der Waals surface area contributed by atoms with Gasteiger partial charge < -0.3 is 5.11 Å². The van der Waals surface area contributed by atoms with Crippen molar-refractivity contribution in [1.29, 1.82) is 0 Å². The summed E-state index contributed by atoms with van der Waals surface area (Å²) in [5.74, 6) is -0.360. The molecule has 2 aromatic heterocycles. The van der Waals surface area contributed by atoms with Crippen molar-refractivity contribution in [2.45, 2.75) is 0 Å². The van der Waals surface area contributed by atoms with Crippen LogP contribution in [0.1, 0.15) is 16.1 Å². The number of hydrazone groups is 1. The zero-order valence-corrected chi connectivity index (χ0v) is 14.1. The number of phenolic OH excluding ortho intramolecular Hbond substituents is 1. The van der Waals surface area contributed by atoms with Crippen LogP contribution in [-0.4, -0.2) is 27.4 Å². The number of carbonyl (C=O) groups is 1. The zero-order chi connectivity index (χ0) is 16.2. The highest BCUT2D eigenvalue weighted by Crippen LogP contribution is 2.23. The summed E-state index contributed by atoms with van der Waals surface area (Å²) >= 11 is 4.86. The summed E-state index contributed by atoms with van der Waals surface area (Å²) in [4.78, 5) is 13.0. The van der Waals surface area contributed by atoms with Crippen molar-refractivity contribution in [3.8, 4) is 16.3 Å². The number of aromatic nitrogens is 2. The molecule has 0 saturated carbocycles. The Bertz CT molecular complexity index is 858. The molecule has 1 aromatic carbocycles. The Kier molecular flexibility index (Phi) is 4.54. The average molecular weight is 391 g/mol. The number of benzene rings is 1. The Labute approximate surface area is 144 Å². The van der Waals surface area contributed by atoms with Gasteiger partial charge in [0.05, 0.1) is 16.8 Å². The van der Waals surface area contributed by atoms with Gasteiger partial charge in [0.15, 0.2) is 5.69 Å². The van der Waals surface area contributed by atoms with E-state index in [-0.39, 0.29) is 11.4 Å². The number of hydrogen-bond acceptors (Lipinski definition) is 5. The molecule has 3 aromatic rings. The van der Waals surface area contributed by atoms with Gasteiger partial charge in [-0.15, -0.1) is 11.3 Å². The molecule has 3 N–H and O–H groups in total. The second kappa shape index (κ2) is 6.76. The van der Waals surface area contributed by atoms with Crippen LogP contribution in [-0.2, 0) is 0 Å². The van der Waals surface area contributed by atoms with Crippen molar-refractivity contribution in [3.63, 3.8) is 0 Å². The van der Waals surface area contributed by atoms with Crippen LogP contribution in [0.2, 0.25) is 0 Å². The van der Waals surface area contributed by atoms with Gasteiger partial charge in [0.2, 0.25) is 0 Å². The van der Waals surface area contributed by atoms with Crippen LogP contribution in [0, 0.1) is 0 Å². The first-order valence-corrected chi connectivity index (χ1v) is 8.22. The molecular formula is C15H11BrN4O2S. The van der Waals surface area contributed by atoms with E-state index in [1.54, 1.807) is 29.5 Å². The number of aromatic hydroxyl groups is 1. The van der Waals surface area contributed by atoms with Crippen LogP contribution in [0.15, 0.2) is 51.4 Å². The van der Waals surface area contributed by atoms with E-state index in [1.165, 1.54) is 12.3 Å². The summed E-state index contributed by atoms with van der Waals surface area (Å²) in [5.41, 5.74) is 3.88. The lowest BCUT2D eigenvalue weighted by Gasteiger charge is -1.99. The average Bonchev–Trinajstić information content (AvgIpc) is 3.20. The smallest absolute Gasteiger partial charge is 0.291 e. The largest absolute Gasteiger partial charge is 0.507 e. The predicted octanol–water partition coefficient (Wildman–Crippen LogP) is 3.37.